The second kappa shape index (κ2) is 6.93. The van der Waals surface area contributed by atoms with Crippen molar-refractivity contribution in [3.8, 4) is 0 Å². The first kappa shape index (κ1) is 20.4. The van der Waals surface area contributed by atoms with Crippen molar-refractivity contribution in [2.75, 3.05) is 24.5 Å². The number of likely N-dealkylation sites (tertiary alicyclic amines) is 1. The largest absolute Gasteiger partial charge is 0.444 e. The summed E-state index contributed by atoms with van der Waals surface area (Å²) in [5, 5.41) is 0. The van der Waals surface area contributed by atoms with Gasteiger partial charge in [-0.25, -0.2) is 9.78 Å². The highest BCUT2D eigenvalue weighted by atomic mass is 19.4. The second-order valence-electron chi connectivity index (χ2n) is 8.35. The van der Waals surface area contributed by atoms with E-state index in [1.807, 2.05) is 0 Å². The number of rotatable bonds is 1. The molecular weight excluding hydrogens is 375 g/mol. The first-order valence-electron chi connectivity index (χ1n) is 9.24. The zero-order valence-electron chi connectivity index (χ0n) is 16.2. The topological polar surface area (TPSA) is 62.7 Å². The summed E-state index contributed by atoms with van der Waals surface area (Å²) in [6.45, 7) is 6.66. The molecule has 9 heteroatoms. The van der Waals surface area contributed by atoms with Crippen LogP contribution in [0.2, 0.25) is 0 Å². The lowest BCUT2D eigenvalue weighted by atomic mass is 9.77. The minimum atomic E-state index is -4.51. The van der Waals surface area contributed by atoms with Gasteiger partial charge in [0, 0.05) is 19.6 Å². The number of hydrogen-bond donors (Lipinski definition) is 0. The van der Waals surface area contributed by atoms with Gasteiger partial charge in [-0.3, -0.25) is 4.79 Å². The quantitative estimate of drug-likeness (QED) is 0.720. The van der Waals surface area contributed by atoms with Gasteiger partial charge in [0.1, 0.15) is 11.3 Å². The molecule has 3 heterocycles. The number of ether oxygens (including phenoxy) is 1. The van der Waals surface area contributed by atoms with Crippen LogP contribution in [0.15, 0.2) is 18.3 Å². The number of pyridine rings is 1. The fraction of sp³-hybridized carbons (Fsp3) is 0.632. The Hall–Kier alpha value is -2.32. The summed E-state index contributed by atoms with van der Waals surface area (Å²) in [5.41, 5.74) is -1.78. The molecule has 2 fully saturated rings. The number of carbonyl (C=O) groups excluding carboxylic acids is 2. The lowest BCUT2D eigenvalue weighted by molar-refractivity contribution is -0.141. The maximum Gasteiger partial charge on any atom is 0.433 e. The molecule has 6 nitrogen and oxygen atoms in total. The summed E-state index contributed by atoms with van der Waals surface area (Å²) >= 11 is 0. The van der Waals surface area contributed by atoms with Crippen LogP contribution in [0, 0.1) is 5.41 Å². The molecule has 0 aliphatic carbocycles. The van der Waals surface area contributed by atoms with E-state index in [2.05, 4.69) is 4.98 Å². The Morgan fingerprint density at radius 2 is 1.71 bits per heavy atom. The first-order chi connectivity index (χ1) is 12.9. The Kier molecular flexibility index (Phi) is 5.05. The molecular formula is C19H24F3N3O3. The van der Waals surface area contributed by atoms with Crippen LogP contribution in [0.25, 0.3) is 0 Å². The Bertz CT molecular complexity index is 748. The monoisotopic (exact) mass is 399 g/mol. The van der Waals surface area contributed by atoms with E-state index in [0.29, 0.717) is 44.6 Å². The van der Waals surface area contributed by atoms with Gasteiger partial charge >= 0.3 is 12.3 Å². The van der Waals surface area contributed by atoms with E-state index in [0.717, 1.165) is 12.3 Å². The van der Waals surface area contributed by atoms with Crippen LogP contribution in [0.5, 0.6) is 0 Å². The van der Waals surface area contributed by atoms with Crippen LogP contribution >= 0.6 is 0 Å². The van der Waals surface area contributed by atoms with Crippen molar-refractivity contribution < 1.29 is 27.5 Å². The zero-order chi connectivity index (χ0) is 20.7. The van der Waals surface area contributed by atoms with Gasteiger partial charge in [0.25, 0.3) is 0 Å². The van der Waals surface area contributed by atoms with Gasteiger partial charge < -0.3 is 14.5 Å². The molecule has 154 valence electrons. The highest BCUT2D eigenvalue weighted by Gasteiger charge is 2.49. The SMILES string of the molecule is CC(C)(C)OC(=O)N1CCC2(CC1)CCN(c1ccc(C(F)(F)F)nc1)C2=O. The highest BCUT2D eigenvalue weighted by Crippen LogP contribution is 2.43. The Morgan fingerprint density at radius 3 is 2.21 bits per heavy atom. The van der Waals surface area contributed by atoms with Crippen molar-refractivity contribution in [1.82, 2.24) is 9.88 Å². The van der Waals surface area contributed by atoms with Crippen molar-refractivity contribution >= 4 is 17.7 Å². The number of alkyl halides is 3. The molecule has 0 bridgehead atoms. The maximum absolute atomic E-state index is 13.0. The molecule has 2 aliphatic heterocycles. The lowest BCUT2D eigenvalue weighted by Crippen LogP contribution is -2.48. The third kappa shape index (κ3) is 4.07. The number of halogens is 3. The molecule has 2 amide bonds. The summed E-state index contributed by atoms with van der Waals surface area (Å²) < 4.78 is 43.4. The van der Waals surface area contributed by atoms with Gasteiger partial charge in [0.05, 0.1) is 17.3 Å². The normalized spacial score (nSPS) is 20.0. The summed E-state index contributed by atoms with van der Waals surface area (Å²) in [5.74, 6) is -0.113. The molecule has 0 N–H and O–H groups in total. The van der Waals surface area contributed by atoms with E-state index >= 15 is 0 Å². The van der Waals surface area contributed by atoms with Gasteiger partial charge in [-0.1, -0.05) is 0 Å². The smallest absolute Gasteiger partial charge is 0.433 e. The predicted molar refractivity (Wildman–Crippen MR) is 95.7 cm³/mol. The molecule has 0 saturated carbocycles. The van der Waals surface area contributed by atoms with Crippen molar-refractivity contribution in [3.05, 3.63) is 24.0 Å². The standard InChI is InChI=1S/C19H24F3N3O3/c1-17(2,3)28-16(27)24-9-6-18(7-10-24)8-11-25(15(18)26)13-4-5-14(23-12-13)19(20,21)22/h4-5,12H,6-11H2,1-3H3. The number of aromatic nitrogens is 1. The molecule has 2 aliphatic rings. The zero-order valence-corrected chi connectivity index (χ0v) is 16.2. The minimum Gasteiger partial charge on any atom is -0.444 e. The van der Waals surface area contributed by atoms with Crippen molar-refractivity contribution in [2.24, 2.45) is 5.41 Å². The summed E-state index contributed by atoms with van der Waals surface area (Å²) in [6, 6.07) is 2.17. The van der Waals surface area contributed by atoms with Gasteiger partial charge in [-0.2, -0.15) is 13.2 Å². The van der Waals surface area contributed by atoms with Gasteiger partial charge in [0.2, 0.25) is 5.91 Å². The molecule has 28 heavy (non-hydrogen) atoms. The number of hydrogen-bond acceptors (Lipinski definition) is 4. The first-order valence-corrected chi connectivity index (χ1v) is 9.24. The Balaban J connectivity index is 1.65. The summed E-state index contributed by atoms with van der Waals surface area (Å²) in [7, 11) is 0. The number of piperidine rings is 1. The number of anilines is 1. The van der Waals surface area contributed by atoms with Crippen molar-refractivity contribution in [2.45, 2.75) is 51.8 Å². The lowest BCUT2D eigenvalue weighted by Gasteiger charge is -2.38. The fourth-order valence-electron chi connectivity index (χ4n) is 3.69. The van der Waals surface area contributed by atoms with Crippen LogP contribution in [-0.2, 0) is 15.7 Å². The molecule has 0 unspecified atom stereocenters. The van der Waals surface area contributed by atoms with Crippen LogP contribution in [0.1, 0.15) is 45.7 Å². The van der Waals surface area contributed by atoms with E-state index in [1.165, 1.54) is 11.0 Å². The van der Waals surface area contributed by atoms with Gasteiger partial charge in [-0.05, 0) is 52.2 Å². The Morgan fingerprint density at radius 1 is 1.11 bits per heavy atom. The molecule has 0 aromatic carbocycles. The number of nitrogens with zero attached hydrogens (tertiary/aromatic N) is 3. The van der Waals surface area contributed by atoms with Crippen molar-refractivity contribution in [3.63, 3.8) is 0 Å². The maximum atomic E-state index is 13.0. The number of amides is 2. The van der Waals surface area contributed by atoms with E-state index < -0.39 is 29.0 Å². The molecule has 0 atom stereocenters. The van der Waals surface area contributed by atoms with E-state index in [1.54, 1.807) is 25.7 Å². The predicted octanol–water partition coefficient (Wildman–Crippen LogP) is 3.85. The van der Waals surface area contributed by atoms with E-state index in [9.17, 15) is 22.8 Å². The fourth-order valence-corrected chi connectivity index (χ4v) is 3.69. The minimum absolute atomic E-state index is 0.113. The molecule has 1 spiro atoms. The van der Waals surface area contributed by atoms with E-state index in [-0.39, 0.29) is 5.91 Å². The third-order valence-corrected chi connectivity index (χ3v) is 5.24. The second-order valence-corrected chi connectivity index (χ2v) is 8.35. The van der Waals surface area contributed by atoms with Gasteiger partial charge in [0.15, 0.2) is 0 Å². The van der Waals surface area contributed by atoms with E-state index in [4.69, 9.17) is 4.74 Å². The van der Waals surface area contributed by atoms with Crippen LogP contribution in [0.4, 0.5) is 23.7 Å². The molecule has 2 saturated heterocycles. The van der Waals surface area contributed by atoms with Crippen LogP contribution in [0.3, 0.4) is 0 Å². The molecule has 3 rings (SSSR count). The molecule has 0 radical (unpaired) electrons. The van der Waals surface area contributed by atoms with Crippen molar-refractivity contribution in [1.29, 1.82) is 0 Å². The number of carbonyl (C=O) groups is 2. The molecule has 1 aromatic rings. The average Bonchev–Trinajstić information content (AvgIpc) is 2.90. The van der Waals surface area contributed by atoms with Crippen LogP contribution < -0.4 is 4.90 Å². The Labute approximate surface area is 161 Å². The highest BCUT2D eigenvalue weighted by molar-refractivity contribution is 6.00. The summed E-state index contributed by atoms with van der Waals surface area (Å²) in [6.07, 6.45) is -2.18. The average molecular weight is 399 g/mol. The third-order valence-electron chi connectivity index (χ3n) is 5.24. The van der Waals surface area contributed by atoms with Crippen LogP contribution in [-0.4, -0.2) is 47.1 Å². The van der Waals surface area contributed by atoms with Gasteiger partial charge in [-0.15, -0.1) is 0 Å². The summed E-state index contributed by atoms with van der Waals surface area (Å²) in [4.78, 5) is 31.8. The molecule has 1 aromatic heterocycles.